The molecule has 0 aliphatic rings. The molecule has 2 rings (SSSR count). The Bertz CT molecular complexity index is 489. The third-order valence-electron chi connectivity index (χ3n) is 2.89. The standard InChI is InChI=1S/C16H18N2S2/c1-17-16(19)20-13-12-18(14-8-4-2-5-9-14)15-10-6-3-7-11-15/h2-11H,12-13H2,1H3,(H,17,19). The SMILES string of the molecule is CNC(=S)SCCN(c1ccccc1)c1ccccc1. The van der Waals surface area contributed by atoms with Crippen LogP contribution in [-0.2, 0) is 0 Å². The predicted octanol–water partition coefficient (Wildman–Crippen LogP) is 4.06. The normalized spacial score (nSPS) is 10.1. The molecule has 4 heteroatoms. The molecule has 2 nitrogen and oxygen atoms in total. The largest absolute Gasteiger partial charge is 0.374 e. The minimum absolute atomic E-state index is 0.839. The lowest BCUT2D eigenvalue weighted by Crippen LogP contribution is -2.22. The highest BCUT2D eigenvalue weighted by Crippen LogP contribution is 2.25. The van der Waals surface area contributed by atoms with E-state index in [1.807, 2.05) is 19.2 Å². The van der Waals surface area contributed by atoms with E-state index < -0.39 is 0 Å². The maximum absolute atomic E-state index is 5.17. The average molecular weight is 302 g/mol. The van der Waals surface area contributed by atoms with E-state index in [1.165, 1.54) is 11.4 Å². The molecule has 0 fully saturated rings. The molecule has 1 N–H and O–H groups in total. The van der Waals surface area contributed by atoms with Crippen LogP contribution in [0.2, 0.25) is 0 Å². The molecular weight excluding hydrogens is 284 g/mol. The number of para-hydroxylation sites is 2. The van der Waals surface area contributed by atoms with E-state index in [9.17, 15) is 0 Å². The highest BCUT2D eigenvalue weighted by Gasteiger charge is 2.08. The van der Waals surface area contributed by atoms with Gasteiger partial charge in [-0.15, -0.1) is 0 Å². The van der Waals surface area contributed by atoms with Crippen LogP contribution in [0.3, 0.4) is 0 Å². The van der Waals surface area contributed by atoms with Gasteiger partial charge in [0.1, 0.15) is 4.32 Å². The van der Waals surface area contributed by atoms with Crippen LogP contribution >= 0.6 is 24.0 Å². The van der Waals surface area contributed by atoms with Crippen LogP contribution < -0.4 is 10.2 Å². The van der Waals surface area contributed by atoms with Gasteiger partial charge in [-0.2, -0.15) is 0 Å². The molecular formula is C16H18N2S2. The van der Waals surface area contributed by atoms with Crippen molar-refractivity contribution in [1.82, 2.24) is 5.32 Å². The molecule has 2 aromatic rings. The van der Waals surface area contributed by atoms with Gasteiger partial charge in [0.05, 0.1) is 0 Å². The van der Waals surface area contributed by atoms with Gasteiger partial charge in [0.2, 0.25) is 0 Å². The second kappa shape index (κ2) is 7.92. The first kappa shape index (κ1) is 14.9. The van der Waals surface area contributed by atoms with E-state index in [0.29, 0.717) is 0 Å². The summed E-state index contributed by atoms with van der Waals surface area (Å²) in [5.41, 5.74) is 2.41. The number of hydrogen-bond acceptors (Lipinski definition) is 3. The van der Waals surface area contributed by atoms with Crippen LogP contribution in [0, 0.1) is 0 Å². The summed E-state index contributed by atoms with van der Waals surface area (Å²) in [4.78, 5) is 2.31. The molecule has 0 unspecified atom stereocenters. The zero-order chi connectivity index (χ0) is 14.2. The van der Waals surface area contributed by atoms with Gasteiger partial charge >= 0.3 is 0 Å². The van der Waals surface area contributed by atoms with Gasteiger partial charge in [0.15, 0.2) is 0 Å². The lowest BCUT2D eigenvalue weighted by Gasteiger charge is -2.25. The molecule has 0 saturated carbocycles. The summed E-state index contributed by atoms with van der Waals surface area (Å²) in [5, 5.41) is 2.99. The zero-order valence-electron chi connectivity index (χ0n) is 11.5. The van der Waals surface area contributed by atoms with Gasteiger partial charge in [-0.1, -0.05) is 60.4 Å². The van der Waals surface area contributed by atoms with Crippen molar-refractivity contribution in [3.05, 3.63) is 60.7 Å². The van der Waals surface area contributed by atoms with Crippen molar-refractivity contribution >= 4 is 39.7 Å². The Morgan fingerprint density at radius 2 is 1.50 bits per heavy atom. The fourth-order valence-electron chi connectivity index (χ4n) is 1.92. The lowest BCUT2D eigenvalue weighted by atomic mass is 10.2. The molecule has 0 aliphatic carbocycles. The molecule has 104 valence electrons. The Labute approximate surface area is 130 Å². The monoisotopic (exact) mass is 302 g/mol. The van der Waals surface area contributed by atoms with Crippen molar-refractivity contribution in [2.45, 2.75) is 0 Å². The summed E-state index contributed by atoms with van der Waals surface area (Å²) in [6.07, 6.45) is 0. The number of benzene rings is 2. The Morgan fingerprint density at radius 1 is 1.00 bits per heavy atom. The van der Waals surface area contributed by atoms with Crippen molar-refractivity contribution in [1.29, 1.82) is 0 Å². The van der Waals surface area contributed by atoms with Crippen LogP contribution in [0.4, 0.5) is 11.4 Å². The van der Waals surface area contributed by atoms with Gasteiger partial charge in [-0.3, -0.25) is 0 Å². The van der Waals surface area contributed by atoms with Gasteiger partial charge in [-0.25, -0.2) is 0 Å². The molecule has 0 bridgehead atoms. The third kappa shape index (κ3) is 4.25. The van der Waals surface area contributed by atoms with E-state index in [4.69, 9.17) is 12.2 Å². The van der Waals surface area contributed by atoms with Crippen molar-refractivity contribution in [2.24, 2.45) is 0 Å². The first-order chi connectivity index (χ1) is 9.81. The average Bonchev–Trinajstić information content (AvgIpc) is 2.53. The van der Waals surface area contributed by atoms with Gasteiger partial charge in [-0.05, 0) is 24.3 Å². The highest BCUT2D eigenvalue weighted by atomic mass is 32.2. The molecule has 0 heterocycles. The predicted molar refractivity (Wildman–Crippen MR) is 94.0 cm³/mol. The van der Waals surface area contributed by atoms with Crippen LogP contribution in [0.15, 0.2) is 60.7 Å². The number of hydrogen-bond donors (Lipinski definition) is 1. The lowest BCUT2D eigenvalue weighted by molar-refractivity contribution is 1.04. The number of thioether (sulfide) groups is 1. The maximum atomic E-state index is 5.17. The number of thiocarbonyl (C=S) groups is 1. The summed E-state index contributed by atoms with van der Waals surface area (Å²) in [7, 11) is 1.86. The molecule has 0 spiro atoms. The molecule has 0 atom stereocenters. The summed E-state index contributed by atoms with van der Waals surface area (Å²) >= 11 is 6.85. The van der Waals surface area contributed by atoms with Gasteiger partial charge in [0, 0.05) is 30.7 Å². The van der Waals surface area contributed by atoms with Crippen LogP contribution in [0.25, 0.3) is 0 Å². The quantitative estimate of drug-likeness (QED) is 0.837. The maximum Gasteiger partial charge on any atom is 0.133 e. The summed E-state index contributed by atoms with van der Waals surface area (Å²) in [5.74, 6) is 0.948. The van der Waals surface area contributed by atoms with Gasteiger partial charge in [0.25, 0.3) is 0 Å². The van der Waals surface area contributed by atoms with E-state index in [1.54, 1.807) is 11.8 Å². The molecule has 0 saturated heterocycles. The minimum atomic E-state index is 0.839. The van der Waals surface area contributed by atoms with Crippen LogP contribution in [0.5, 0.6) is 0 Å². The van der Waals surface area contributed by atoms with E-state index in [0.717, 1.165) is 16.6 Å². The first-order valence-electron chi connectivity index (χ1n) is 6.53. The van der Waals surface area contributed by atoms with Crippen molar-refractivity contribution in [2.75, 3.05) is 24.2 Å². The first-order valence-corrected chi connectivity index (χ1v) is 7.93. The van der Waals surface area contributed by atoms with E-state index >= 15 is 0 Å². The van der Waals surface area contributed by atoms with Crippen molar-refractivity contribution < 1.29 is 0 Å². The van der Waals surface area contributed by atoms with Crippen LogP contribution in [-0.4, -0.2) is 23.7 Å². The third-order valence-corrected chi connectivity index (χ3v) is 4.30. The Kier molecular flexibility index (Phi) is 5.89. The highest BCUT2D eigenvalue weighted by molar-refractivity contribution is 8.22. The number of rotatable bonds is 5. The van der Waals surface area contributed by atoms with Gasteiger partial charge < -0.3 is 10.2 Å². The fraction of sp³-hybridized carbons (Fsp3) is 0.188. The molecule has 0 radical (unpaired) electrons. The molecule has 20 heavy (non-hydrogen) atoms. The number of nitrogens with one attached hydrogen (secondary N) is 1. The Morgan fingerprint density at radius 3 is 1.95 bits per heavy atom. The fourth-order valence-corrected chi connectivity index (χ4v) is 2.78. The van der Waals surface area contributed by atoms with E-state index in [-0.39, 0.29) is 0 Å². The van der Waals surface area contributed by atoms with Crippen LogP contribution in [0.1, 0.15) is 0 Å². The van der Waals surface area contributed by atoms with E-state index in [2.05, 4.69) is 58.7 Å². The summed E-state index contributed by atoms with van der Waals surface area (Å²) in [6.45, 7) is 0.917. The summed E-state index contributed by atoms with van der Waals surface area (Å²) in [6, 6.07) is 20.9. The second-order valence-corrected chi connectivity index (χ2v) is 5.98. The molecule has 0 aliphatic heterocycles. The van der Waals surface area contributed by atoms with Crippen molar-refractivity contribution in [3.8, 4) is 0 Å². The zero-order valence-corrected chi connectivity index (χ0v) is 13.1. The molecule has 0 amide bonds. The molecule has 2 aromatic carbocycles. The Hall–Kier alpha value is -1.52. The Balaban J connectivity index is 2.11. The minimum Gasteiger partial charge on any atom is -0.374 e. The summed E-state index contributed by atoms with van der Waals surface area (Å²) < 4.78 is 0.839. The topological polar surface area (TPSA) is 15.3 Å². The second-order valence-electron chi connectivity index (χ2n) is 4.21. The number of nitrogens with zero attached hydrogens (tertiary/aromatic N) is 1. The van der Waals surface area contributed by atoms with Crippen molar-refractivity contribution in [3.63, 3.8) is 0 Å². The molecule has 0 aromatic heterocycles. The smallest absolute Gasteiger partial charge is 0.133 e. The number of anilines is 2.